The number of hydrogen-bond donors (Lipinski definition) is 1. The molecule has 0 spiro atoms. The number of nitrogens with zero attached hydrogens (tertiary/aromatic N) is 2. The second-order valence-electron chi connectivity index (χ2n) is 3.16. The first-order chi connectivity index (χ1) is 6.83. The number of hydroxylamine groups is 1. The van der Waals surface area contributed by atoms with Crippen LogP contribution in [0.5, 0.6) is 0 Å². The van der Waals surface area contributed by atoms with Crippen molar-refractivity contribution in [1.82, 2.24) is 15.0 Å². The molecule has 0 aromatic carbocycles. The van der Waals surface area contributed by atoms with Gasteiger partial charge in [0.1, 0.15) is 0 Å². The quantitative estimate of drug-likeness (QED) is 0.741. The van der Waals surface area contributed by atoms with Gasteiger partial charge in [0.15, 0.2) is 0 Å². The number of nitrogens with one attached hydrogen (secondary N) is 1. The smallest absolute Gasteiger partial charge is 0.0926 e. The number of pyridine rings is 1. The Kier molecular flexibility index (Phi) is 2.47. The van der Waals surface area contributed by atoms with E-state index in [1.165, 1.54) is 0 Å². The zero-order valence-corrected chi connectivity index (χ0v) is 8.32. The van der Waals surface area contributed by atoms with Gasteiger partial charge in [0.25, 0.3) is 0 Å². The summed E-state index contributed by atoms with van der Waals surface area (Å²) >= 11 is 0. The lowest BCUT2D eigenvalue weighted by atomic mass is 10.3. The van der Waals surface area contributed by atoms with Crippen molar-refractivity contribution < 1.29 is 4.84 Å². The van der Waals surface area contributed by atoms with Gasteiger partial charge in [-0.1, -0.05) is 0 Å². The van der Waals surface area contributed by atoms with Crippen LogP contribution in [0.2, 0.25) is 0 Å². The predicted molar refractivity (Wildman–Crippen MR) is 54.6 cm³/mol. The third-order valence-corrected chi connectivity index (χ3v) is 2.23. The van der Waals surface area contributed by atoms with E-state index in [4.69, 9.17) is 4.84 Å². The minimum atomic E-state index is 0.671. The molecule has 0 fully saturated rings. The Morgan fingerprint density at radius 2 is 2.43 bits per heavy atom. The third-order valence-electron chi connectivity index (χ3n) is 2.23. The summed E-state index contributed by atoms with van der Waals surface area (Å²) in [4.78, 5) is 9.16. The Hall–Kier alpha value is -1.39. The topological polar surface area (TPSA) is 39.1 Å². The molecule has 14 heavy (non-hydrogen) atoms. The fraction of sp³-hybridized carbons (Fsp3) is 0.300. The highest BCUT2D eigenvalue weighted by atomic mass is 16.6. The second kappa shape index (κ2) is 3.77. The van der Waals surface area contributed by atoms with Crippen molar-refractivity contribution >= 4 is 11.0 Å². The Bertz CT molecular complexity index is 436. The van der Waals surface area contributed by atoms with E-state index in [1.54, 1.807) is 13.3 Å². The van der Waals surface area contributed by atoms with E-state index in [9.17, 15) is 0 Å². The zero-order valence-electron chi connectivity index (χ0n) is 8.32. The lowest BCUT2D eigenvalue weighted by Crippen LogP contribution is -2.10. The number of hydrogen-bond acceptors (Lipinski definition) is 3. The highest BCUT2D eigenvalue weighted by Crippen LogP contribution is 2.17. The molecule has 0 radical (unpaired) electrons. The van der Waals surface area contributed by atoms with Crippen LogP contribution in [0.1, 0.15) is 5.56 Å². The predicted octanol–water partition coefficient (Wildman–Crippen LogP) is 1.22. The van der Waals surface area contributed by atoms with E-state index in [2.05, 4.69) is 27.3 Å². The molecular weight excluding hydrogens is 178 g/mol. The first-order valence-electron chi connectivity index (χ1n) is 4.47. The van der Waals surface area contributed by atoms with Crippen LogP contribution in [0.15, 0.2) is 24.5 Å². The normalized spacial score (nSPS) is 11.0. The Morgan fingerprint density at radius 3 is 3.21 bits per heavy atom. The monoisotopic (exact) mass is 191 g/mol. The molecule has 0 unspecified atom stereocenters. The van der Waals surface area contributed by atoms with Crippen molar-refractivity contribution in [2.75, 3.05) is 7.11 Å². The van der Waals surface area contributed by atoms with Crippen LogP contribution in [0, 0.1) is 0 Å². The van der Waals surface area contributed by atoms with Crippen LogP contribution in [-0.4, -0.2) is 16.7 Å². The van der Waals surface area contributed by atoms with E-state index in [0.29, 0.717) is 6.54 Å². The molecule has 74 valence electrons. The molecule has 2 rings (SSSR count). The fourth-order valence-corrected chi connectivity index (χ4v) is 1.57. The second-order valence-corrected chi connectivity index (χ2v) is 3.16. The Balaban J connectivity index is 2.44. The van der Waals surface area contributed by atoms with Crippen LogP contribution < -0.4 is 5.48 Å². The molecule has 0 bridgehead atoms. The molecule has 2 heterocycles. The van der Waals surface area contributed by atoms with Gasteiger partial charge < -0.3 is 9.40 Å². The lowest BCUT2D eigenvalue weighted by molar-refractivity contribution is 0.0869. The summed E-state index contributed by atoms with van der Waals surface area (Å²) in [5, 5.41) is 0. The van der Waals surface area contributed by atoms with E-state index < -0.39 is 0 Å². The van der Waals surface area contributed by atoms with E-state index in [0.717, 1.165) is 16.6 Å². The van der Waals surface area contributed by atoms with Crippen molar-refractivity contribution in [3.63, 3.8) is 0 Å². The van der Waals surface area contributed by atoms with Crippen LogP contribution in [0.4, 0.5) is 0 Å². The van der Waals surface area contributed by atoms with Crippen LogP contribution in [-0.2, 0) is 18.4 Å². The van der Waals surface area contributed by atoms with Crippen LogP contribution in [0.3, 0.4) is 0 Å². The largest absolute Gasteiger partial charge is 0.349 e. The molecule has 0 saturated heterocycles. The molecule has 4 nitrogen and oxygen atoms in total. The van der Waals surface area contributed by atoms with Gasteiger partial charge in [-0.25, -0.2) is 0 Å². The van der Waals surface area contributed by atoms with Gasteiger partial charge in [0, 0.05) is 31.5 Å². The van der Waals surface area contributed by atoms with Gasteiger partial charge in [-0.05, 0) is 12.1 Å². The highest BCUT2D eigenvalue weighted by Gasteiger charge is 2.05. The third kappa shape index (κ3) is 1.49. The fourth-order valence-electron chi connectivity index (χ4n) is 1.57. The summed E-state index contributed by atoms with van der Waals surface area (Å²) in [6.45, 7) is 0.671. The van der Waals surface area contributed by atoms with E-state index >= 15 is 0 Å². The molecule has 4 heteroatoms. The summed E-state index contributed by atoms with van der Waals surface area (Å²) in [5.41, 5.74) is 6.13. The van der Waals surface area contributed by atoms with Crippen molar-refractivity contribution in [1.29, 1.82) is 0 Å². The molecule has 1 N–H and O–H groups in total. The summed E-state index contributed by atoms with van der Waals surface area (Å²) in [6, 6.07) is 3.99. The lowest BCUT2D eigenvalue weighted by Gasteiger charge is -1.98. The maximum Gasteiger partial charge on any atom is 0.0926 e. The summed E-state index contributed by atoms with van der Waals surface area (Å²) in [5.74, 6) is 0. The molecule has 2 aromatic rings. The van der Waals surface area contributed by atoms with Gasteiger partial charge in [-0.3, -0.25) is 4.98 Å². The average Bonchev–Trinajstić information content (AvgIpc) is 2.54. The summed E-state index contributed by atoms with van der Waals surface area (Å²) < 4.78 is 2.06. The van der Waals surface area contributed by atoms with Crippen molar-refractivity contribution in [3.8, 4) is 0 Å². The standard InChI is InChI=1S/C10H13N3O/c1-13-7-8(6-12-14-2)10-9(13)4-3-5-11-10/h3-5,7,12H,6H2,1-2H3. The Morgan fingerprint density at radius 1 is 1.57 bits per heavy atom. The minimum Gasteiger partial charge on any atom is -0.349 e. The van der Waals surface area contributed by atoms with Crippen molar-refractivity contribution in [2.24, 2.45) is 7.05 Å². The SMILES string of the molecule is CONCc1cn(C)c2cccnc12. The summed E-state index contributed by atoms with van der Waals surface area (Å²) in [6.07, 6.45) is 3.86. The van der Waals surface area contributed by atoms with Gasteiger partial charge in [-0.15, -0.1) is 0 Å². The minimum absolute atomic E-state index is 0.671. The molecule has 2 aromatic heterocycles. The number of rotatable bonds is 3. The first-order valence-corrected chi connectivity index (χ1v) is 4.47. The van der Waals surface area contributed by atoms with E-state index in [1.807, 2.05) is 13.1 Å². The number of aryl methyl sites for hydroxylation is 1. The molecule has 0 amide bonds. The molecule has 0 atom stereocenters. The van der Waals surface area contributed by atoms with Crippen molar-refractivity contribution in [3.05, 3.63) is 30.1 Å². The molecule has 0 saturated carbocycles. The summed E-state index contributed by atoms with van der Waals surface area (Å²) in [7, 11) is 3.62. The maximum absolute atomic E-state index is 4.82. The average molecular weight is 191 g/mol. The van der Waals surface area contributed by atoms with Crippen molar-refractivity contribution in [2.45, 2.75) is 6.54 Å². The van der Waals surface area contributed by atoms with Gasteiger partial charge in [0.05, 0.1) is 18.1 Å². The number of fused-ring (bicyclic) bond motifs is 1. The van der Waals surface area contributed by atoms with E-state index in [-0.39, 0.29) is 0 Å². The molecule has 0 aliphatic carbocycles. The first kappa shape index (κ1) is 9.18. The number of aromatic nitrogens is 2. The maximum atomic E-state index is 4.82. The molecular formula is C10H13N3O. The van der Waals surface area contributed by atoms with Crippen LogP contribution >= 0.6 is 0 Å². The molecule has 0 aliphatic heterocycles. The zero-order chi connectivity index (χ0) is 9.97. The van der Waals surface area contributed by atoms with Gasteiger partial charge in [0.2, 0.25) is 0 Å². The van der Waals surface area contributed by atoms with Crippen LogP contribution in [0.25, 0.3) is 11.0 Å². The van der Waals surface area contributed by atoms with Gasteiger partial charge in [-0.2, -0.15) is 5.48 Å². The highest BCUT2D eigenvalue weighted by molar-refractivity contribution is 5.79. The molecule has 0 aliphatic rings. The van der Waals surface area contributed by atoms with Gasteiger partial charge >= 0.3 is 0 Å². The Labute approximate surface area is 82.5 Å².